The molecule has 2 atom stereocenters. The van der Waals surface area contributed by atoms with Gasteiger partial charge in [0.1, 0.15) is 25.3 Å². The van der Waals surface area contributed by atoms with Crippen LogP contribution in [0.4, 0.5) is 4.79 Å². The van der Waals surface area contributed by atoms with Gasteiger partial charge in [-0.05, 0) is 23.1 Å². The number of carbonyl (C=O) groups is 4. The fraction of sp³-hybridized carbons (Fsp3) is 0.235. The maximum absolute atomic E-state index is 13.1. The molecule has 9 nitrogen and oxygen atoms in total. The lowest BCUT2D eigenvalue weighted by Crippen LogP contribution is -2.55. The number of rotatable bonds is 12. The summed E-state index contributed by atoms with van der Waals surface area (Å²) in [5.41, 5.74) is 2.84. The molecule has 2 saturated heterocycles. The molecule has 220 valence electrons. The minimum atomic E-state index is -1.12. The molecule has 43 heavy (non-hydrogen) atoms. The molecule has 0 N–H and O–H groups in total. The van der Waals surface area contributed by atoms with Gasteiger partial charge in [0.05, 0.1) is 6.42 Å². The molecule has 2 aliphatic rings. The van der Waals surface area contributed by atoms with E-state index in [4.69, 9.17) is 14.2 Å². The van der Waals surface area contributed by atoms with Crippen molar-refractivity contribution < 1.29 is 33.4 Å². The van der Waals surface area contributed by atoms with Crippen molar-refractivity contribution in [2.45, 2.75) is 44.9 Å². The maximum atomic E-state index is 13.1. The van der Waals surface area contributed by atoms with Crippen LogP contribution in [0.15, 0.2) is 114 Å². The Bertz CT molecular complexity index is 1490. The van der Waals surface area contributed by atoms with E-state index in [1.165, 1.54) is 4.90 Å². The zero-order valence-corrected chi connectivity index (χ0v) is 23.5. The normalized spacial score (nSPS) is 18.3. The number of benzene rings is 3. The highest BCUT2D eigenvalue weighted by atomic mass is 16.6. The van der Waals surface area contributed by atoms with Crippen LogP contribution >= 0.6 is 0 Å². The third-order valence-electron chi connectivity index (χ3n) is 7.15. The predicted molar refractivity (Wildman–Crippen MR) is 157 cm³/mol. The van der Waals surface area contributed by atoms with Crippen LogP contribution in [0.1, 0.15) is 29.5 Å². The average molecular weight is 581 g/mol. The molecule has 0 aliphatic carbocycles. The lowest BCUT2D eigenvalue weighted by atomic mass is 10.0. The maximum Gasteiger partial charge on any atom is 0.410 e. The van der Waals surface area contributed by atoms with Gasteiger partial charge in [0.15, 0.2) is 12.3 Å². The first kappa shape index (κ1) is 29.3. The van der Waals surface area contributed by atoms with Crippen LogP contribution in [0.3, 0.4) is 0 Å². The minimum Gasteiger partial charge on any atom is -0.471 e. The molecule has 0 spiro atoms. The van der Waals surface area contributed by atoms with Crippen LogP contribution in [-0.4, -0.2) is 52.9 Å². The zero-order valence-electron chi connectivity index (χ0n) is 23.5. The van der Waals surface area contributed by atoms with Crippen molar-refractivity contribution in [2.24, 2.45) is 0 Å². The second-order valence-corrected chi connectivity index (χ2v) is 10.2. The van der Waals surface area contributed by atoms with Gasteiger partial charge in [-0.3, -0.25) is 14.5 Å². The zero-order chi connectivity index (χ0) is 30.0. The summed E-state index contributed by atoms with van der Waals surface area (Å²) in [6.45, 7) is 0.730. The van der Waals surface area contributed by atoms with E-state index in [9.17, 15) is 19.2 Å². The summed E-state index contributed by atoms with van der Waals surface area (Å²) in [6, 6.07) is 27.1. The van der Waals surface area contributed by atoms with Gasteiger partial charge in [0, 0.05) is 18.7 Å². The number of esters is 1. The summed E-state index contributed by atoms with van der Waals surface area (Å²) in [6.07, 6.45) is 3.30. The van der Waals surface area contributed by atoms with E-state index >= 15 is 0 Å². The number of carbonyl (C=O) groups excluding carboxylic acids is 4. The van der Waals surface area contributed by atoms with Gasteiger partial charge in [-0.2, -0.15) is 0 Å². The van der Waals surface area contributed by atoms with Gasteiger partial charge in [-0.25, -0.2) is 9.59 Å². The van der Waals surface area contributed by atoms with Gasteiger partial charge in [-0.15, -0.1) is 0 Å². The molecule has 2 heterocycles. The van der Waals surface area contributed by atoms with E-state index in [-0.39, 0.29) is 49.8 Å². The molecule has 9 heteroatoms. The highest BCUT2D eigenvalue weighted by Gasteiger charge is 2.55. The van der Waals surface area contributed by atoms with Gasteiger partial charge >= 0.3 is 12.1 Å². The molecule has 0 bridgehead atoms. The third-order valence-corrected chi connectivity index (χ3v) is 7.15. The number of allylic oxidation sites excluding steroid dienone is 2. The minimum absolute atomic E-state index is 0.0318. The van der Waals surface area contributed by atoms with Crippen LogP contribution in [-0.2, 0) is 48.4 Å². The highest BCUT2D eigenvalue weighted by molar-refractivity contribution is 5.93. The van der Waals surface area contributed by atoms with Crippen LogP contribution in [0, 0.1) is 0 Å². The number of aldehydes is 1. The van der Waals surface area contributed by atoms with E-state index in [1.807, 2.05) is 91.0 Å². The largest absolute Gasteiger partial charge is 0.471 e. The van der Waals surface area contributed by atoms with Crippen molar-refractivity contribution in [1.82, 2.24) is 9.80 Å². The van der Waals surface area contributed by atoms with Crippen molar-refractivity contribution in [3.05, 3.63) is 131 Å². The molecular formula is C34H32N2O7. The summed E-state index contributed by atoms with van der Waals surface area (Å²) in [5.74, 6) is -0.780. The summed E-state index contributed by atoms with van der Waals surface area (Å²) < 4.78 is 16.9. The van der Waals surface area contributed by atoms with Gasteiger partial charge in [0.25, 0.3) is 0 Å². The number of β-lactam (4-membered cyclic amide) rings is 1. The SMILES string of the molecule is O=CC(CC=CCN(Cc1ccccc1)C(=O)OCc1ccccc1)=C1O[C@@H]2CC(=O)N2C1C(=O)OCc1ccccc1. The molecule has 0 radical (unpaired) electrons. The molecule has 0 saturated carbocycles. The van der Waals surface area contributed by atoms with E-state index < -0.39 is 24.3 Å². The Morgan fingerprint density at radius 2 is 1.42 bits per heavy atom. The van der Waals surface area contributed by atoms with Crippen LogP contribution in [0.2, 0.25) is 0 Å². The van der Waals surface area contributed by atoms with Crippen LogP contribution in [0.5, 0.6) is 0 Å². The summed E-state index contributed by atoms with van der Waals surface area (Å²) >= 11 is 0. The van der Waals surface area contributed by atoms with E-state index in [1.54, 1.807) is 17.1 Å². The summed E-state index contributed by atoms with van der Waals surface area (Å²) in [7, 11) is 0. The van der Waals surface area contributed by atoms with Crippen molar-refractivity contribution in [3.63, 3.8) is 0 Å². The first-order valence-corrected chi connectivity index (χ1v) is 14.0. The van der Waals surface area contributed by atoms with Gasteiger partial charge in [-0.1, -0.05) is 103 Å². The number of hydrogen-bond acceptors (Lipinski definition) is 7. The number of amides is 2. The Labute approximate surface area is 250 Å². The Morgan fingerprint density at radius 1 is 0.837 bits per heavy atom. The number of hydrogen-bond donors (Lipinski definition) is 0. The van der Waals surface area contributed by atoms with Crippen LogP contribution < -0.4 is 0 Å². The predicted octanol–water partition coefficient (Wildman–Crippen LogP) is 4.93. The molecule has 0 aromatic heterocycles. The molecule has 3 aromatic rings. The van der Waals surface area contributed by atoms with Crippen molar-refractivity contribution in [1.29, 1.82) is 0 Å². The first-order chi connectivity index (χ1) is 21.0. The molecule has 2 amide bonds. The van der Waals surface area contributed by atoms with Gasteiger partial charge < -0.3 is 19.1 Å². The Balaban J connectivity index is 1.26. The van der Waals surface area contributed by atoms with Crippen molar-refractivity contribution in [2.75, 3.05) is 6.54 Å². The second kappa shape index (κ2) is 14.1. The number of nitrogens with zero attached hydrogens (tertiary/aromatic N) is 2. The van der Waals surface area contributed by atoms with Crippen molar-refractivity contribution >= 4 is 24.3 Å². The van der Waals surface area contributed by atoms with Crippen LogP contribution in [0.25, 0.3) is 0 Å². The quantitative estimate of drug-likeness (QED) is 0.0985. The van der Waals surface area contributed by atoms with E-state index in [0.717, 1.165) is 16.7 Å². The summed E-state index contributed by atoms with van der Waals surface area (Å²) in [4.78, 5) is 53.4. The topological polar surface area (TPSA) is 102 Å². The standard InChI is InChI=1S/C34H32N2O7/c37-22-28(32-31(36-29(38)20-30(36)43-32)33(39)41-23-26-14-6-2-7-15-26)18-10-11-19-35(21-25-12-4-1-5-13-25)34(40)42-24-27-16-8-3-9-17-27/h1-17,22,30-31H,18-21,23-24H2/t30-,31?/m1/s1. The monoisotopic (exact) mass is 580 g/mol. The smallest absolute Gasteiger partial charge is 0.410 e. The lowest BCUT2D eigenvalue weighted by molar-refractivity contribution is -0.166. The fourth-order valence-corrected chi connectivity index (χ4v) is 4.86. The summed E-state index contributed by atoms with van der Waals surface area (Å²) in [5, 5.41) is 0. The second-order valence-electron chi connectivity index (χ2n) is 10.2. The molecule has 2 aliphatic heterocycles. The van der Waals surface area contributed by atoms with Crippen molar-refractivity contribution in [3.8, 4) is 0 Å². The van der Waals surface area contributed by atoms with E-state index in [2.05, 4.69) is 0 Å². The Kier molecular flexibility index (Phi) is 9.63. The number of fused-ring (bicyclic) bond motifs is 1. The Hall–Kier alpha value is -5.18. The Morgan fingerprint density at radius 3 is 2.00 bits per heavy atom. The first-order valence-electron chi connectivity index (χ1n) is 14.0. The average Bonchev–Trinajstić information content (AvgIpc) is 3.36. The lowest BCUT2D eigenvalue weighted by Gasteiger charge is -2.33. The number of ether oxygens (including phenoxy) is 3. The van der Waals surface area contributed by atoms with E-state index in [0.29, 0.717) is 12.8 Å². The molecular weight excluding hydrogens is 548 g/mol. The fourth-order valence-electron chi connectivity index (χ4n) is 4.86. The third kappa shape index (κ3) is 7.37. The van der Waals surface area contributed by atoms with Gasteiger partial charge in [0.2, 0.25) is 5.91 Å². The molecule has 2 fully saturated rings. The molecule has 5 rings (SSSR count). The molecule has 1 unspecified atom stereocenters. The highest BCUT2D eigenvalue weighted by Crippen LogP contribution is 2.38. The molecule has 3 aromatic carbocycles.